The highest BCUT2D eigenvalue weighted by Gasteiger charge is 2.41. The van der Waals surface area contributed by atoms with Crippen LogP contribution in [0.3, 0.4) is 0 Å². The maximum atomic E-state index is 13.6. The van der Waals surface area contributed by atoms with Gasteiger partial charge in [0.2, 0.25) is 11.8 Å². The minimum Gasteiger partial charge on any atom is -0.457 e. The van der Waals surface area contributed by atoms with Gasteiger partial charge in [0.15, 0.2) is 0 Å². The van der Waals surface area contributed by atoms with Gasteiger partial charge in [0.05, 0.1) is 5.71 Å². The SMILES string of the molecule is CN(CC1CCN(C(=O)c2ccnc3c2CCC(=O)N3)CC1)C1CC(C(=O)N2CCC([C@@H]3CCN/C(=C(/C(=N)c4ccc(Oc5ccccc5)cc4)C(N)=O)N3)CC2)C1. The number of likely N-dealkylation sites (tertiary alicyclic amines) is 2. The van der Waals surface area contributed by atoms with E-state index in [-0.39, 0.29) is 41.0 Å². The Balaban J connectivity index is 0.773. The first kappa shape index (κ1) is 40.0. The highest BCUT2D eigenvalue weighted by atomic mass is 16.5. The average molecular weight is 802 g/mol. The zero-order valence-electron chi connectivity index (χ0n) is 33.8. The van der Waals surface area contributed by atoms with E-state index in [0.29, 0.717) is 84.6 Å². The van der Waals surface area contributed by atoms with Crippen molar-refractivity contribution in [2.45, 2.75) is 69.9 Å². The Labute approximate surface area is 345 Å². The van der Waals surface area contributed by atoms with Gasteiger partial charge < -0.3 is 41.1 Å². The summed E-state index contributed by atoms with van der Waals surface area (Å²) in [5.74, 6) is 2.78. The van der Waals surface area contributed by atoms with Gasteiger partial charge in [-0.25, -0.2) is 4.98 Å². The van der Waals surface area contributed by atoms with E-state index in [9.17, 15) is 19.2 Å². The van der Waals surface area contributed by atoms with E-state index in [4.69, 9.17) is 15.9 Å². The number of nitrogens with zero attached hydrogens (tertiary/aromatic N) is 4. The minimum absolute atomic E-state index is 0.0205. The number of carbonyl (C=O) groups is 4. The van der Waals surface area contributed by atoms with Crippen molar-refractivity contribution < 1.29 is 23.9 Å². The zero-order valence-corrected chi connectivity index (χ0v) is 33.8. The van der Waals surface area contributed by atoms with E-state index in [1.165, 1.54) is 0 Å². The second-order valence-electron chi connectivity index (χ2n) is 16.8. The van der Waals surface area contributed by atoms with Crippen LogP contribution in [0.25, 0.3) is 0 Å². The molecule has 1 aromatic heterocycles. The number of pyridine rings is 1. The summed E-state index contributed by atoms with van der Waals surface area (Å²) in [6.07, 6.45) is 8.77. The number of piperidine rings is 2. The van der Waals surface area contributed by atoms with Crippen LogP contribution in [0.15, 0.2) is 78.3 Å². The largest absolute Gasteiger partial charge is 0.457 e. The van der Waals surface area contributed by atoms with Crippen molar-refractivity contribution >= 4 is 35.2 Å². The summed E-state index contributed by atoms with van der Waals surface area (Å²) < 4.78 is 5.89. The van der Waals surface area contributed by atoms with Gasteiger partial charge in [-0.05, 0) is 113 Å². The molecular weight excluding hydrogens is 747 g/mol. The van der Waals surface area contributed by atoms with Crippen LogP contribution in [0.4, 0.5) is 5.82 Å². The third kappa shape index (κ3) is 8.97. The molecule has 5 aliphatic rings. The number of carbonyl (C=O) groups excluding carboxylic acids is 4. The Kier molecular flexibility index (Phi) is 12.0. The number of ether oxygens (including phenoxy) is 1. The van der Waals surface area contributed by atoms with Gasteiger partial charge in [0.1, 0.15) is 28.7 Å². The molecule has 2 aromatic carbocycles. The Morgan fingerprint density at radius 3 is 2.31 bits per heavy atom. The second-order valence-corrected chi connectivity index (χ2v) is 16.8. The molecule has 0 unspecified atom stereocenters. The smallest absolute Gasteiger partial charge is 0.254 e. The molecule has 0 spiro atoms. The Morgan fingerprint density at radius 1 is 0.898 bits per heavy atom. The number of para-hydroxylation sites is 1. The molecular formula is C45H55N9O5. The monoisotopic (exact) mass is 801 g/mol. The molecule has 310 valence electrons. The predicted octanol–water partition coefficient (Wildman–Crippen LogP) is 4.28. The van der Waals surface area contributed by atoms with Crippen LogP contribution in [-0.2, 0) is 20.8 Å². The van der Waals surface area contributed by atoms with Crippen LogP contribution < -0.4 is 26.4 Å². The first-order chi connectivity index (χ1) is 28.6. The third-order valence-electron chi connectivity index (χ3n) is 13.1. The Hall–Kier alpha value is -5.76. The quantitative estimate of drug-likeness (QED) is 0.140. The minimum atomic E-state index is -0.670. The molecule has 0 bridgehead atoms. The lowest BCUT2D eigenvalue weighted by molar-refractivity contribution is -0.142. The molecule has 1 aliphatic carbocycles. The van der Waals surface area contributed by atoms with Gasteiger partial charge in [-0.15, -0.1) is 0 Å². The van der Waals surface area contributed by atoms with Crippen molar-refractivity contribution in [3.05, 3.63) is 94.9 Å². The Morgan fingerprint density at radius 2 is 1.59 bits per heavy atom. The molecule has 4 fully saturated rings. The number of fused-ring (bicyclic) bond motifs is 1. The number of amides is 4. The van der Waals surface area contributed by atoms with Crippen LogP contribution in [0.2, 0.25) is 0 Å². The highest BCUT2D eigenvalue weighted by molar-refractivity contribution is 6.26. The van der Waals surface area contributed by atoms with Gasteiger partial charge >= 0.3 is 0 Å². The van der Waals surface area contributed by atoms with E-state index in [1.807, 2.05) is 40.1 Å². The summed E-state index contributed by atoms with van der Waals surface area (Å²) in [5.41, 5.74) is 8.09. The van der Waals surface area contributed by atoms with Crippen LogP contribution in [0.5, 0.6) is 11.5 Å². The molecule has 3 saturated heterocycles. The fourth-order valence-corrected chi connectivity index (χ4v) is 9.47. The number of hydrogen-bond acceptors (Lipinski definition) is 10. The molecule has 1 saturated carbocycles. The molecule has 0 radical (unpaired) electrons. The maximum Gasteiger partial charge on any atom is 0.254 e. The average Bonchev–Trinajstić information content (AvgIpc) is 3.23. The molecule has 14 nitrogen and oxygen atoms in total. The van der Waals surface area contributed by atoms with Crippen molar-refractivity contribution in [1.29, 1.82) is 5.41 Å². The van der Waals surface area contributed by atoms with Crippen LogP contribution in [0.1, 0.15) is 72.9 Å². The Bertz CT molecular complexity index is 2090. The van der Waals surface area contributed by atoms with Gasteiger partial charge in [-0.2, -0.15) is 0 Å². The fourth-order valence-electron chi connectivity index (χ4n) is 9.47. The second kappa shape index (κ2) is 17.6. The molecule has 1 atom stereocenters. The highest BCUT2D eigenvalue weighted by Crippen LogP contribution is 2.36. The van der Waals surface area contributed by atoms with Crippen LogP contribution in [-0.4, -0.2) is 107 Å². The molecule has 14 heteroatoms. The first-order valence-electron chi connectivity index (χ1n) is 21.1. The normalized spacial score (nSPS) is 23.2. The van der Waals surface area contributed by atoms with E-state index >= 15 is 0 Å². The van der Waals surface area contributed by atoms with Crippen molar-refractivity contribution in [3.63, 3.8) is 0 Å². The lowest BCUT2D eigenvalue weighted by Gasteiger charge is -2.45. The molecule has 5 heterocycles. The predicted molar refractivity (Wildman–Crippen MR) is 224 cm³/mol. The van der Waals surface area contributed by atoms with Gasteiger partial charge in [-0.1, -0.05) is 18.2 Å². The lowest BCUT2D eigenvalue weighted by Crippen LogP contribution is -2.54. The number of rotatable bonds is 11. The van der Waals surface area contributed by atoms with E-state index in [1.54, 1.807) is 36.5 Å². The van der Waals surface area contributed by atoms with E-state index < -0.39 is 5.91 Å². The number of nitrogens with two attached hydrogens (primary N) is 1. The lowest BCUT2D eigenvalue weighted by atomic mass is 9.77. The van der Waals surface area contributed by atoms with Crippen molar-refractivity contribution in [2.75, 3.05) is 51.6 Å². The van der Waals surface area contributed by atoms with Crippen molar-refractivity contribution in [2.24, 2.45) is 23.5 Å². The van der Waals surface area contributed by atoms with Crippen LogP contribution >= 0.6 is 0 Å². The topological polar surface area (TPSA) is 186 Å². The van der Waals surface area contributed by atoms with Gasteiger partial charge in [-0.3, -0.25) is 24.6 Å². The molecule has 6 N–H and O–H groups in total. The summed E-state index contributed by atoms with van der Waals surface area (Å²) in [6.45, 7) is 4.48. The summed E-state index contributed by atoms with van der Waals surface area (Å²) in [4.78, 5) is 62.3. The number of primary amides is 1. The summed E-state index contributed by atoms with van der Waals surface area (Å²) in [7, 11) is 2.17. The number of aromatic nitrogens is 1. The molecule has 8 rings (SSSR count). The van der Waals surface area contributed by atoms with Gasteiger partial charge in [0.25, 0.3) is 11.8 Å². The zero-order chi connectivity index (χ0) is 41.0. The van der Waals surface area contributed by atoms with E-state index in [2.05, 4.69) is 32.9 Å². The third-order valence-corrected chi connectivity index (χ3v) is 13.1. The molecule has 4 aliphatic heterocycles. The van der Waals surface area contributed by atoms with Crippen molar-refractivity contribution in [1.82, 2.24) is 30.3 Å². The molecule has 59 heavy (non-hydrogen) atoms. The number of hydrogen-bond donors (Lipinski definition) is 5. The number of nitrogens with one attached hydrogen (secondary N) is 4. The molecule has 4 amide bonds. The molecule has 3 aromatic rings. The first-order valence-corrected chi connectivity index (χ1v) is 21.1. The van der Waals surface area contributed by atoms with Crippen molar-refractivity contribution in [3.8, 4) is 11.5 Å². The summed E-state index contributed by atoms with van der Waals surface area (Å²) in [6, 6.07) is 18.8. The van der Waals surface area contributed by atoms with Gasteiger partial charge in [0, 0.05) is 86.6 Å². The summed E-state index contributed by atoms with van der Waals surface area (Å²) in [5, 5.41) is 18.5. The standard InChI is InChI=1S/C45H55N9O5/c1-52(27-28-15-21-54(22-16-28)45(58)36-13-19-48-42-35(36)11-12-38(55)51-42)32-25-31(26-32)44(57)53-23-17-29(18-24-53)37-14-20-49-43(50-37)39(41(47)56)40(46)30-7-9-34(10-8-30)59-33-5-3-2-4-6-33/h2-10,13,19,28-29,31-32,37,46,49-50H,11-12,14-18,20-27H2,1H3,(H2,47,56)(H,48,51,55)/b43-39+,46-40?/t31?,32?,37-/m0/s1. The maximum absolute atomic E-state index is 13.6. The number of benzene rings is 2. The summed E-state index contributed by atoms with van der Waals surface area (Å²) >= 11 is 0. The van der Waals surface area contributed by atoms with E-state index in [0.717, 1.165) is 70.1 Å². The number of anilines is 1. The fraction of sp³-hybridized carbons (Fsp3) is 0.467. The van der Waals surface area contributed by atoms with Crippen LogP contribution in [0, 0.1) is 23.2 Å².